The molecule has 1 aromatic rings. The summed E-state index contributed by atoms with van der Waals surface area (Å²) in [5.74, 6) is 0.0877. The number of rotatable bonds is 7. The molecule has 1 aliphatic rings. The fourth-order valence-electron chi connectivity index (χ4n) is 3.17. The Balaban J connectivity index is 1.80. The smallest absolute Gasteiger partial charge is 0.234 e. The first-order valence-electron chi connectivity index (χ1n) is 8.46. The van der Waals surface area contributed by atoms with Crippen LogP contribution in [0.4, 0.5) is 0 Å². The zero-order valence-electron chi connectivity index (χ0n) is 14.4. The largest absolute Gasteiger partial charge is 0.392 e. The van der Waals surface area contributed by atoms with Gasteiger partial charge in [0.05, 0.1) is 18.7 Å². The fraction of sp³-hybridized carbons (Fsp3) is 0.706. The number of hydrogen-bond acceptors (Lipinski definition) is 5. The van der Waals surface area contributed by atoms with E-state index in [0.717, 1.165) is 26.1 Å². The minimum Gasteiger partial charge on any atom is -0.392 e. The molecular weight excluding hydrogens is 310 g/mol. The number of hydrogen-bond donors (Lipinski definition) is 2. The number of β-amino-alcohol motifs (C(OH)–C–C–N with tert-alkyl or cyclic N) is 1. The van der Waals surface area contributed by atoms with Crippen molar-refractivity contribution in [2.24, 2.45) is 0 Å². The Morgan fingerprint density at radius 2 is 2.26 bits per heavy atom. The van der Waals surface area contributed by atoms with Gasteiger partial charge in [0, 0.05) is 37.1 Å². The van der Waals surface area contributed by atoms with Crippen LogP contribution in [0.5, 0.6) is 0 Å². The number of carbonyl (C=O) groups is 1. The molecule has 0 radical (unpaired) electrons. The van der Waals surface area contributed by atoms with Crippen molar-refractivity contribution in [2.75, 3.05) is 32.7 Å². The molecular formula is C17H29N3O2S. The number of thiophene rings is 1. The first-order valence-corrected chi connectivity index (χ1v) is 9.34. The Hall–Kier alpha value is -0.950. The quantitative estimate of drug-likeness (QED) is 0.794. The van der Waals surface area contributed by atoms with Gasteiger partial charge >= 0.3 is 0 Å². The summed E-state index contributed by atoms with van der Waals surface area (Å²) >= 11 is 1.67. The highest BCUT2D eigenvalue weighted by Gasteiger charge is 2.27. The molecule has 0 spiro atoms. The van der Waals surface area contributed by atoms with E-state index in [4.69, 9.17) is 0 Å². The molecule has 130 valence electrons. The number of amides is 1. The lowest BCUT2D eigenvalue weighted by molar-refractivity contribution is -0.123. The van der Waals surface area contributed by atoms with Crippen LogP contribution < -0.4 is 5.32 Å². The van der Waals surface area contributed by atoms with Crippen LogP contribution in [-0.4, -0.2) is 65.7 Å². The molecule has 2 N–H and O–H groups in total. The molecule has 23 heavy (non-hydrogen) atoms. The molecule has 3 atom stereocenters. The molecule has 1 aromatic heterocycles. The van der Waals surface area contributed by atoms with Crippen molar-refractivity contribution in [2.45, 2.75) is 45.4 Å². The lowest BCUT2D eigenvalue weighted by Crippen LogP contribution is -2.56. The summed E-state index contributed by atoms with van der Waals surface area (Å²) in [5.41, 5.74) is 0. The molecule has 0 aromatic carbocycles. The third-order valence-corrected chi connectivity index (χ3v) is 5.43. The van der Waals surface area contributed by atoms with Gasteiger partial charge in [-0.25, -0.2) is 0 Å². The highest BCUT2D eigenvalue weighted by atomic mass is 32.1. The van der Waals surface area contributed by atoms with Crippen molar-refractivity contribution < 1.29 is 9.90 Å². The number of piperazine rings is 1. The maximum absolute atomic E-state index is 12.3. The minimum atomic E-state index is -0.300. The van der Waals surface area contributed by atoms with Gasteiger partial charge in [-0.1, -0.05) is 13.0 Å². The zero-order valence-corrected chi connectivity index (χ0v) is 15.2. The summed E-state index contributed by atoms with van der Waals surface area (Å²) in [6, 6.07) is 4.55. The van der Waals surface area contributed by atoms with E-state index < -0.39 is 0 Å². The van der Waals surface area contributed by atoms with Crippen molar-refractivity contribution in [3.63, 3.8) is 0 Å². The topological polar surface area (TPSA) is 55.8 Å². The monoisotopic (exact) mass is 339 g/mol. The summed E-state index contributed by atoms with van der Waals surface area (Å²) in [5, 5.41) is 14.7. The van der Waals surface area contributed by atoms with Crippen molar-refractivity contribution in [1.82, 2.24) is 15.1 Å². The summed E-state index contributed by atoms with van der Waals surface area (Å²) in [6.07, 6.45) is 0.738. The van der Waals surface area contributed by atoms with E-state index >= 15 is 0 Å². The maximum atomic E-state index is 12.3. The summed E-state index contributed by atoms with van der Waals surface area (Å²) < 4.78 is 0. The van der Waals surface area contributed by atoms with Crippen molar-refractivity contribution in [1.29, 1.82) is 0 Å². The highest BCUT2D eigenvalue weighted by molar-refractivity contribution is 7.10. The first-order chi connectivity index (χ1) is 11.0. The van der Waals surface area contributed by atoms with Crippen LogP contribution in [-0.2, 0) is 4.79 Å². The molecule has 1 saturated heterocycles. The number of carbonyl (C=O) groups excluding carboxylic acids is 1. The second-order valence-electron chi connectivity index (χ2n) is 6.45. The van der Waals surface area contributed by atoms with E-state index in [1.54, 1.807) is 11.3 Å². The molecule has 5 nitrogen and oxygen atoms in total. The molecule has 2 heterocycles. The predicted molar refractivity (Wildman–Crippen MR) is 94.6 cm³/mol. The molecule has 1 fully saturated rings. The van der Waals surface area contributed by atoms with E-state index in [1.807, 2.05) is 25.3 Å². The molecule has 6 heteroatoms. The Morgan fingerprint density at radius 3 is 2.87 bits per heavy atom. The van der Waals surface area contributed by atoms with Gasteiger partial charge in [-0.15, -0.1) is 11.3 Å². The van der Waals surface area contributed by atoms with Crippen LogP contribution in [0.3, 0.4) is 0 Å². The van der Waals surface area contributed by atoms with E-state index in [-0.39, 0.29) is 18.1 Å². The minimum absolute atomic E-state index is 0.0704. The zero-order chi connectivity index (χ0) is 16.8. The van der Waals surface area contributed by atoms with Crippen LogP contribution in [0.2, 0.25) is 0 Å². The van der Waals surface area contributed by atoms with Gasteiger partial charge < -0.3 is 10.4 Å². The second-order valence-corrected chi connectivity index (χ2v) is 7.43. The molecule has 1 amide bonds. The number of nitrogens with one attached hydrogen (secondary N) is 1. The Morgan fingerprint density at radius 1 is 1.48 bits per heavy atom. The predicted octanol–water partition coefficient (Wildman–Crippen LogP) is 1.70. The summed E-state index contributed by atoms with van der Waals surface area (Å²) in [4.78, 5) is 18.0. The molecule has 2 rings (SSSR count). The second kappa shape index (κ2) is 8.78. The molecule has 3 unspecified atom stereocenters. The Kier molecular flexibility index (Phi) is 7.02. The van der Waals surface area contributed by atoms with E-state index in [2.05, 4.69) is 28.1 Å². The van der Waals surface area contributed by atoms with Crippen LogP contribution in [0.1, 0.15) is 38.1 Å². The third-order valence-electron chi connectivity index (χ3n) is 4.37. The lowest BCUT2D eigenvalue weighted by atomic mass is 10.1. The van der Waals surface area contributed by atoms with Crippen LogP contribution in [0.15, 0.2) is 17.5 Å². The van der Waals surface area contributed by atoms with Gasteiger partial charge in [-0.2, -0.15) is 0 Å². The number of nitrogens with zero attached hydrogens (tertiary/aromatic N) is 2. The fourth-order valence-corrected chi connectivity index (χ4v) is 3.90. The maximum Gasteiger partial charge on any atom is 0.234 e. The Bertz CT molecular complexity index is 478. The van der Waals surface area contributed by atoms with E-state index in [9.17, 15) is 9.90 Å². The van der Waals surface area contributed by atoms with E-state index in [1.165, 1.54) is 4.88 Å². The summed E-state index contributed by atoms with van der Waals surface area (Å²) in [7, 11) is 0. The van der Waals surface area contributed by atoms with Crippen molar-refractivity contribution in [3.8, 4) is 0 Å². The Labute approximate surface area is 143 Å². The van der Waals surface area contributed by atoms with Gasteiger partial charge in [0.25, 0.3) is 0 Å². The number of aliphatic hydroxyl groups is 1. The van der Waals surface area contributed by atoms with Gasteiger partial charge in [0.2, 0.25) is 5.91 Å². The van der Waals surface area contributed by atoms with Gasteiger partial charge in [-0.05, 0) is 31.7 Å². The van der Waals surface area contributed by atoms with Gasteiger partial charge in [0.1, 0.15) is 0 Å². The van der Waals surface area contributed by atoms with Crippen molar-refractivity contribution >= 4 is 17.2 Å². The van der Waals surface area contributed by atoms with Crippen molar-refractivity contribution in [3.05, 3.63) is 22.4 Å². The normalized spacial score (nSPS) is 22.7. The van der Waals surface area contributed by atoms with E-state index in [0.29, 0.717) is 19.1 Å². The average Bonchev–Trinajstić information content (AvgIpc) is 3.02. The SMILES string of the molecule is CCC1CN(CC(=O)NC(C)c2cccs2)CCN1CC(C)O. The first kappa shape index (κ1) is 18.4. The van der Waals surface area contributed by atoms with Gasteiger partial charge in [-0.3, -0.25) is 14.6 Å². The van der Waals surface area contributed by atoms with Gasteiger partial charge in [0.15, 0.2) is 0 Å². The number of aliphatic hydroxyl groups excluding tert-OH is 1. The molecule has 0 aliphatic carbocycles. The molecule has 1 aliphatic heterocycles. The highest BCUT2D eigenvalue weighted by Crippen LogP contribution is 2.18. The third kappa shape index (κ3) is 5.57. The molecule has 0 saturated carbocycles. The summed E-state index contributed by atoms with van der Waals surface area (Å²) in [6.45, 7) is 9.88. The standard InChI is InChI=1S/C17H29N3O2S/c1-4-15-11-19(7-8-20(15)10-13(2)21)12-17(22)18-14(3)16-6-5-9-23-16/h5-6,9,13-15,21H,4,7-8,10-12H2,1-3H3,(H,18,22). The van der Waals surface area contributed by atoms with Crippen LogP contribution in [0.25, 0.3) is 0 Å². The molecule has 0 bridgehead atoms. The van der Waals surface area contributed by atoms with Crippen LogP contribution in [0, 0.1) is 0 Å². The average molecular weight is 340 g/mol. The van der Waals surface area contributed by atoms with Crippen LogP contribution >= 0.6 is 11.3 Å². The lowest BCUT2D eigenvalue weighted by Gasteiger charge is -2.41.